The summed E-state index contributed by atoms with van der Waals surface area (Å²) in [7, 11) is 0. The van der Waals surface area contributed by atoms with Gasteiger partial charge in [0.25, 0.3) is 0 Å². The van der Waals surface area contributed by atoms with Gasteiger partial charge in [0, 0.05) is 12.8 Å². The number of para-hydroxylation sites is 1. The van der Waals surface area contributed by atoms with Gasteiger partial charge in [0.2, 0.25) is 0 Å². The number of pyridine rings is 1. The molecule has 0 spiro atoms. The number of nitrogens with zero attached hydrogens (tertiary/aromatic N) is 1. The Morgan fingerprint density at radius 2 is 1.69 bits per heavy atom. The molecule has 2 unspecified atom stereocenters. The van der Waals surface area contributed by atoms with Gasteiger partial charge in [0.05, 0.1) is 5.69 Å². The number of rotatable bonds is 10. The van der Waals surface area contributed by atoms with Crippen molar-refractivity contribution in [3.05, 3.63) is 59.9 Å². The molecule has 1 N–H and O–H groups in total. The van der Waals surface area contributed by atoms with Crippen LogP contribution in [0.15, 0.2) is 48.7 Å². The van der Waals surface area contributed by atoms with E-state index < -0.39 is 0 Å². The van der Waals surface area contributed by atoms with Crippen LogP contribution in [0.5, 0.6) is 5.75 Å². The van der Waals surface area contributed by atoms with Crippen LogP contribution >= 0.6 is 0 Å². The molecule has 2 saturated carbocycles. The number of hydrogen-bond acceptors (Lipinski definition) is 3. The molecular formula is C26H35NO2. The van der Waals surface area contributed by atoms with E-state index in [2.05, 4.69) is 41.4 Å². The monoisotopic (exact) mass is 393 g/mol. The lowest BCUT2D eigenvalue weighted by molar-refractivity contribution is 0.112. The molecule has 1 aromatic heterocycles. The second-order valence-electron chi connectivity index (χ2n) is 8.92. The van der Waals surface area contributed by atoms with Gasteiger partial charge in [0.1, 0.15) is 11.9 Å². The number of aliphatic hydroxyl groups is 1. The Kier molecular flexibility index (Phi) is 7.21. The van der Waals surface area contributed by atoms with Crippen LogP contribution in [0, 0.1) is 11.8 Å². The largest absolute Gasteiger partial charge is 0.484 e. The lowest BCUT2D eigenvalue weighted by atomic mass is 9.70. The zero-order chi connectivity index (χ0) is 19.9. The van der Waals surface area contributed by atoms with E-state index in [1.54, 1.807) is 0 Å². The predicted octanol–water partition coefficient (Wildman–Crippen LogP) is 6.44. The molecule has 0 amide bonds. The molecule has 2 fully saturated rings. The zero-order valence-corrected chi connectivity index (χ0v) is 17.5. The molecule has 29 heavy (non-hydrogen) atoms. The molecule has 2 aromatic rings. The average Bonchev–Trinajstić information content (AvgIpc) is 3.29. The minimum Gasteiger partial charge on any atom is -0.484 e. The van der Waals surface area contributed by atoms with Gasteiger partial charge in [-0.15, -0.1) is 0 Å². The third-order valence-electron chi connectivity index (χ3n) is 7.12. The molecule has 1 heterocycles. The fourth-order valence-electron chi connectivity index (χ4n) is 5.28. The minimum absolute atomic E-state index is 0.00937. The summed E-state index contributed by atoms with van der Waals surface area (Å²) in [6, 6.07) is 14.8. The molecule has 2 aliphatic rings. The van der Waals surface area contributed by atoms with E-state index in [9.17, 15) is 5.11 Å². The van der Waals surface area contributed by atoms with Crippen molar-refractivity contribution in [2.24, 2.45) is 11.8 Å². The third-order valence-corrected chi connectivity index (χ3v) is 7.12. The van der Waals surface area contributed by atoms with E-state index in [0.717, 1.165) is 42.5 Å². The summed E-state index contributed by atoms with van der Waals surface area (Å²) in [6.45, 7) is 0.332. The predicted molar refractivity (Wildman–Crippen MR) is 117 cm³/mol. The first-order chi connectivity index (χ1) is 14.3. The van der Waals surface area contributed by atoms with Crippen LogP contribution in [-0.2, 0) is 0 Å². The maximum atomic E-state index is 9.23. The summed E-state index contributed by atoms with van der Waals surface area (Å²) in [5.41, 5.74) is 2.42. The van der Waals surface area contributed by atoms with Crippen molar-refractivity contribution < 1.29 is 9.84 Å². The number of aliphatic hydroxyl groups excluding tert-OH is 1. The van der Waals surface area contributed by atoms with Crippen molar-refractivity contribution >= 4 is 0 Å². The molecule has 0 radical (unpaired) electrons. The second kappa shape index (κ2) is 10.2. The summed E-state index contributed by atoms with van der Waals surface area (Å²) in [4.78, 5) is 4.62. The highest BCUT2D eigenvalue weighted by atomic mass is 16.5. The van der Waals surface area contributed by atoms with E-state index in [1.807, 2.05) is 12.3 Å². The first-order valence-corrected chi connectivity index (χ1v) is 11.6. The zero-order valence-electron chi connectivity index (χ0n) is 17.5. The lowest BCUT2D eigenvalue weighted by Crippen LogP contribution is -2.26. The maximum absolute atomic E-state index is 9.23. The highest BCUT2D eigenvalue weighted by Gasteiger charge is 2.30. The van der Waals surface area contributed by atoms with Crippen LogP contribution in [0.1, 0.15) is 87.5 Å². The molecule has 3 heteroatoms. The van der Waals surface area contributed by atoms with Crippen molar-refractivity contribution in [2.75, 3.05) is 6.61 Å². The average molecular weight is 394 g/mol. The Morgan fingerprint density at radius 1 is 0.931 bits per heavy atom. The smallest absolute Gasteiger partial charge is 0.141 e. The van der Waals surface area contributed by atoms with E-state index in [-0.39, 0.29) is 6.10 Å². The van der Waals surface area contributed by atoms with E-state index in [4.69, 9.17) is 4.74 Å². The van der Waals surface area contributed by atoms with Gasteiger partial charge in [0.15, 0.2) is 0 Å². The Labute approximate surface area is 175 Å². The van der Waals surface area contributed by atoms with E-state index in [0.29, 0.717) is 12.5 Å². The number of hydrogen-bond donors (Lipinski definition) is 1. The number of ether oxygens (including phenoxy) is 1. The molecular weight excluding hydrogens is 358 g/mol. The van der Waals surface area contributed by atoms with Crippen LogP contribution in [0.25, 0.3) is 0 Å². The summed E-state index contributed by atoms with van der Waals surface area (Å²) >= 11 is 0. The molecule has 0 aliphatic heterocycles. The van der Waals surface area contributed by atoms with Gasteiger partial charge in [-0.2, -0.15) is 0 Å². The molecule has 2 aliphatic carbocycles. The standard InChI is InChI=1S/C26H35NO2/c28-19-17-21-16-15-20(21)10-7-14-26(24-12-5-6-18-27-24)29-25-13-4-3-11-23(25)22-8-1-2-9-22/h3-6,11-13,18,20-22,26,28H,1-2,7-10,14-17,19H2/t20?,21?,26-/m1/s1. The fraction of sp³-hybridized carbons (Fsp3) is 0.577. The summed E-state index contributed by atoms with van der Waals surface area (Å²) in [5.74, 6) is 3.22. The number of benzene rings is 1. The van der Waals surface area contributed by atoms with E-state index in [1.165, 1.54) is 50.5 Å². The lowest BCUT2D eigenvalue weighted by Gasteiger charge is -2.36. The highest BCUT2D eigenvalue weighted by Crippen LogP contribution is 2.42. The topological polar surface area (TPSA) is 42.4 Å². The molecule has 156 valence electrons. The van der Waals surface area contributed by atoms with Crippen molar-refractivity contribution in [1.29, 1.82) is 0 Å². The van der Waals surface area contributed by atoms with Crippen molar-refractivity contribution in [3.63, 3.8) is 0 Å². The quantitative estimate of drug-likeness (QED) is 0.505. The second-order valence-corrected chi connectivity index (χ2v) is 8.92. The van der Waals surface area contributed by atoms with Gasteiger partial charge in [-0.1, -0.05) is 43.5 Å². The Hall–Kier alpha value is -1.87. The number of aromatic nitrogens is 1. The Bertz CT molecular complexity index is 741. The van der Waals surface area contributed by atoms with E-state index >= 15 is 0 Å². The third kappa shape index (κ3) is 5.19. The van der Waals surface area contributed by atoms with Crippen LogP contribution in [0.3, 0.4) is 0 Å². The van der Waals surface area contributed by atoms with Crippen molar-refractivity contribution in [1.82, 2.24) is 4.98 Å². The van der Waals surface area contributed by atoms with Crippen LogP contribution in [-0.4, -0.2) is 16.7 Å². The van der Waals surface area contributed by atoms with Gasteiger partial charge in [-0.3, -0.25) is 4.98 Å². The first kappa shape index (κ1) is 20.4. The molecule has 3 nitrogen and oxygen atoms in total. The van der Waals surface area contributed by atoms with Crippen LogP contribution in [0.4, 0.5) is 0 Å². The van der Waals surface area contributed by atoms with Gasteiger partial charge < -0.3 is 9.84 Å². The molecule has 1 aromatic carbocycles. The van der Waals surface area contributed by atoms with Crippen molar-refractivity contribution in [3.8, 4) is 5.75 Å². The minimum atomic E-state index is 0.00937. The first-order valence-electron chi connectivity index (χ1n) is 11.6. The Balaban J connectivity index is 1.43. The molecule has 4 rings (SSSR count). The van der Waals surface area contributed by atoms with Gasteiger partial charge in [-0.25, -0.2) is 0 Å². The molecule has 3 atom stereocenters. The summed E-state index contributed by atoms with van der Waals surface area (Å²) in [5, 5.41) is 9.23. The highest BCUT2D eigenvalue weighted by molar-refractivity contribution is 5.37. The van der Waals surface area contributed by atoms with Gasteiger partial charge >= 0.3 is 0 Å². The maximum Gasteiger partial charge on any atom is 0.141 e. The normalized spacial score (nSPS) is 22.9. The van der Waals surface area contributed by atoms with Crippen LogP contribution < -0.4 is 4.74 Å². The molecule has 0 saturated heterocycles. The molecule has 0 bridgehead atoms. The SMILES string of the molecule is OCCC1CCC1CCC[C@@H](Oc1ccccc1C1CCCC1)c1ccccn1. The summed E-state index contributed by atoms with van der Waals surface area (Å²) in [6.07, 6.45) is 14.1. The van der Waals surface area contributed by atoms with Gasteiger partial charge in [-0.05, 0) is 86.5 Å². The van der Waals surface area contributed by atoms with Crippen molar-refractivity contribution in [2.45, 2.75) is 76.2 Å². The summed E-state index contributed by atoms with van der Waals surface area (Å²) < 4.78 is 6.65. The van der Waals surface area contributed by atoms with Crippen LogP contribution in [0.2, 0.25) is 0 Å². The fourth-order valence-corrected chi connectivity index (χ4v) is 5.28. The Morgan fingerprint density at radius 3 is 2.41 bits per heavy atom.